The summed E-state index contributed by atoms with van der Waals surface area (Å²) in [6, 6.07) is 7.88. The van der Waals surface area contributed by atoms with Gasteiger partial charge in [0, 0.05) is 23.8 Å². The lowest BCUT2D eigenvalue weighted by atomic mass is 10.1. The Kier molecular flexibility index (Phi) is 3.54. The van der Waals surface area contributed by atoms with E-state index in [1.807, 2.05) is 36.4 Å². The molecule has 0 fully saturated rings. The molecule has 3 heteroatoms. The first kappa shape index (κ1) is 11.1. The van der Waals surface area contributed by atoms with Gasteiger partial charge in [-0.05, 0) is 11.8 Å². The molecule has 82 valence electrons. The van der Waals surface area contributed by atoms with Crippen LogP contribution in [0.25, 0.3) is 16.8 Å². The van der Waals surface area contributed by atoms with Crippen molar-refractivity contribution in [3.05, 3.63) is 47.3 Å². The van der Waals surface area contributed by atoms with Crippen molar-refractivity contribution in [2.75, 3.05) is 6.61 Å². The molecule has 0 spiro atoms. The van der Waals surface area contributed by atoms with Crippen LogP contribution in [0.15, 0.2) is 36.5 Å². The van der Waals surface area contributed by atoms with Crippen molar-refractivity contribution in [2.45, 2.75) is 6.42 Å². The highest BCUT2D eigenvalue weighted by molar-refractivity contribution is 6.34. The Balaban J connectivity index is 2.50. The molecule has 0 amide bonds. The molecule has 0 aliphatic rings. The monoisotopic (exact) mass is 233 g/mol. The second-order valence-electron chi connectivity index (χ2n) is 3.46. The number of rotatable bonds is 3. The molecule has 0 saturated heterocycles. The number of benzene rings is 1. The first-order valence-corrected chi connectivity index (χ1v) is 5.51. The molecule has 0 bridgehead atoms. The average molecular weight is 234 g/mol. The van der Waals surface area contributed by atoms with E-state index < -0.39 is 0 Å². The summed E-state index contributed by atoms with van der Waals surface area (Å²) in [7, 11) is 0. The molecule has 2 nitrogen and oxygen atoms in total. The zero-order chi connectivity index (χ0) is 11.4. The van der Waals surface area contributed by atoms with Gasteiger partial charge in [-0.15, -0.1) is 0 Å². The molecule has 0 saturated carbocycles. The van der Waals surface area contributed by atoms with Crippen molar-refractivity contribution < 1.29 is 5.11 Å². The maximum atomic E-state index is 8.71. The molecular formula is C13H12ClNO. The predicted octanol–water partition coefficient (Wildman–Crippen LogP) is 3.28. The van der Waals surface area contributed by atoms with Crippen molar-refractivity contribution in [1.82, 2.24) is 4.98 Å². The zero-order valence-electron chi connectivity index (χ0n) is 8.73. The minimum atomic E-state index is 0.162. The van der Waals surface area contributed by atoms with Gasteiger partial charge in [0.15, 0.2) is 0 Å². The van der Waals surface area contributed by atoms with E-state index in [2.05, 4.69) is 4.98 Å². The van der Waals surface area contributed by atoms with Gasteiger partial charge in [0.1, 0.15) is 5.15 Å². The van der Waals surface area contributed by atoms with Crippen molar-refractivity contribution in [2.24, 2.45) is 0 Å². The molecule has 1 aromatic heterocycles. The summed E-state index contributed by atoms with van der Waals surface area (Å²) in [5.74, 6) is 0. The number of pyridine rings is 1. The van der Waals surface area contributed by atoms with Crippen LogP contribution in [0.2, 0.25) is 5.15 Å². The number of hydrogen-bond donors (Lipinski definition) is 1. The summed E-state index contributed by atoms with van der Waals surface area (Å²) in [5.41, 5.74) is 1.02. The number of fused-ring (bicyclic) bond motifs is 1. The van der Waals surface area contributed by atoms with Gasteiger partial charge >= 0.3 is 0 Å². The fraction of sp³-hybridized carbons (Fsp3) is 0.154. The largest absolute Gasteiger partial charge is 0.396 e. The number of aliphatic hydroxyl groups excluding tert-OH is 1. The topological polar surface area (TPSA) is 33.1 Å². The molecule has 16 heavy (non-hydrogen) atoms. The van der Waals surface area contributed by atoms with Crippen LogP contribution in [0.1, 0.15) is 12.0 Å². The van der Waals surface area contributed by atoms with Gasteiger partial charge in [0.2, 0.25) is 0 Å². The first-order chi connectivity index (χ1) is 7.83. The lowest BCUT2D eigenvalue weighted by Crippen LogP contribution is -1.84. The smallest absolute Gasteiger partial charge is 0.136 e. The van der Waals surface area contributed by atoms with E-state index in [9.17, 15) is 0 Å². The van der Waals surface area contributed by atoms with E-state index in [0.29, 0.717) is 11.6 Å². The summed E-state index contributed by atoms with van der Waals surface area (Å²) in [5, 5.41) is 11.3. The van der Waals surface area contributed by atoms with Gasteiger partial charge < -0.3 is 5.11 Å². The van der Waals surface area contributed by atoms with Crippen LogP contribution in [0.3, 0.4) is 0 Å². The lowest BCUT2D eigenvalue weighted by molar-refractivity contribution is 0.303. The Morgan fingerprint density at radius 2 is 2.00 bits per heavy atom. The van der Waals surface area contributed by atoms with Crippen LogP contribution in [0.4, 0.5) is 0 Å². The van der Waals surface area contributed by atoms with Crippen LogP contribution in [0, 0.1) is 0 Å². The third-order valence-electron chi connectivity index (χ3n) is 2.37. The van der Waals surface area contributed by atoms with Crippen LogP contribution in [-0.4, -0.2) is 16.7 Å². The van der Waals surface area contributed by atoms with Gasteiger partial charge in [-0.2, -0.15) is 0 Å². The van der Waals surface area contributed by atoms with Gasteiger partial charge in [-0.25, -0.2) is 4.98 Å². The molecule has 0 unspecified atom stereocenters. The molecule has 1 heterocycles. The van der Waals surface area contributed by atoms with Crippen LogP contribution in [0.5, 0.6) is 0 Å². The molecular weight excluding hydrogens is 222 g/mol. The Morgan fingerprint density at radius 3 is 2.75 bits per heavy atom. The molecule has 2 aromatic rings. The lowest BCUT2D eigenvalue weighted by Gasteiger charge is -2.03. The van der Waals surface area contributed by atoms with Gasteiger partial charge in [0.25, 0.3) is 0 Å². The van der Waals surface area contributed by atoms with Crippen molar-refractivity contribution in [3.63, 3.8) is 0 Å². The van der Waals surface area contributed by atoms with Crippen LogP contribution < -0.4 is 0 Å². The number of aromatic nitrogens is 1. The summed E-state index contributed by atoms with van der Waals surface area (Å²) in [6.07, 6.45) is 6.29. The maximum absolute atomic E-state index is 8.71. The normalized spacial score (nSPS) is 11.4. The molecule has 2 rings (SSSR count). The summed E-state index contributed by atoms with van der Waals surface area (Å²) in [4.78, 5) is 4.14. The molecule has 0 aliphatic heterocycles. The molecule has 0 atom stereocenters. The standard InChI is InChI=1S/C13H12ClNO/c14-13-12-7-2-1-6-11(12)10(9-15-13)5-3-4-8-16/h1-3,5-7,9,16H,4,8H2. The van der Waals surface area contributed by atoms with Crippen molar-refractivity contribution in [1.29, 1.82) is 0 Å². The highest BCUT2D eigenvalue weighted by atomic mass is 35.5. The average Bonchev–Trinajstić information content (AvgIpc) is 2.33. The Hall–Kier alpha value is -1.38. The van der Waals surface area contributed by atoms with Crippen LogP contribution >= 0.6 is 11.6 Å². The highest BCUT2D eigenvalue weighted by Crippen LogP contribution is 2.24. The van der Waals surface area contributed by atoms with Gasteiger partial charge in [-0.1, -0.05) is 48.0 Å². The quantitative estimate of drug-likeness (QED) is 0.826. The first-order valence-electron chi connectivity index (χ1n) is 5.13. The second kappa shape index (κ2) is 5.10. The number of nitrogens with zero attached hydrogens (tertiary/aromatic N) is 1. The Bertz CT molecular complexity index is 522. The third-order valence-corrected chi connectivity index (χ3v) is 2.67. The van der Waals surface area contributed by atoms with Crippen LogP contribution in [-0.2, 0) is 0 Å². The molecule has 1 N–H and O–H groups in total. The van der Waals surface area contributed by atoms with Crippen molar-refractivity contribution >= 4 is 28.4 Å². The fourth-order valence-corrected chi connectivity index (χ4v) is 1.81. The molecule has 1 aromatic carbocycles. The fourth-order valence-electron chi connectivity index (χ4n) is 1.60. The minimum Gasteiger partial charge on any atom is -0.396 e. The predicted molar refractivity (Wildman–Crippen MR) is 67.5 cm³/mol. The molecule has 0 radical (unpaired) electrons. The Morgan fingerprint density at radius 1 is 1.25 bits per heavy atom. The summed E-state index contributed by atoms with van der Waals surface area (Å²) < 4.78 is 0. The van der Waals surface area contributed by atoms with E-state index >= 15 is 0 Å². The number of hydrogen-bond acceptors (Lipinski definition) is 2. The number of aliphatic hydroxyl groups is 1. The van der Waals surface area contributed by atoms with E-state index in [1.54, 1.807) is 6.20 Å². The van der Waals surface area contributed by atoms with E-state index in [4.69, 9.17) is 16.7 Å². The van der Waals surface area contributed by atoms with E-state index in [-0.39, 0.29) is 6.61 Å². The molecule has 0 aliphatic carbocycles. The minimum absolute atomic E-state index is 0.162. The Labute approximate surface area is 99.2 Å². The number of halogens is 1. The zero-order valence-corrected chi connectivity index (χ0v) is 9.48. The van der Waals surface area contributed by atoms with E-state index in [1.165, 1.54) is 0 Å². The summed E-state index contributed by atoms with van der Waals surface area (Å²) in [6.45, 7) is 0.162. The van der Waals surface area contributed by atoms with Gasteiger partial charge in [0.05, 0.1) is 0 Å². The second-order valence-corrected chi connectivity index (χ2v) is 3.82. The highest BCUT2D eigenvalue weighted by Gasteiger charge is 2.02. The van der Waals surface area contributed by atoms with E-state index in [0.717, 1.165) is 16.3 Å². The SMILES string of the molecule is OCCC=Cc1cnc(Cl)c2ccccc12. The van der Waals surface area contributed by atoms with Gasteiger partial charge in [-0.3, -0.25) is 0 Å². The van der Waals surface area contributed by atoms with Crippen molar-refractivity contribution in [3.8, 4) is 0 Å². The maximum Gasteiger partial charge on any atom is 0.136 e. The summed E-state index contributed by atoms with van der Waals surface area (Å²) >= 11 is 6.02. The third kappa shape index (κ3) is 2.23.